The predicted molar refractivity (Wildman–Crippen MR) is 40.0 cm³/mol. The fraction of sp³-hybridized carbons (Fsp3) is 0.571. The van der Waals surface area contributed by atoms with E-state index in [9.17, 15) is 0 Å². The molecular weight excluding hydrogens is 452 g/mol. The van der Waals surface area contributed by atoms with Crippen molar-refractivity contribution in [1.82, 2.24) is 10.2 Å². The second-order valence-corrected chi connectivity index (χ2v) is 1.72. The van der Waals surface area contributed by atoms with Gasteiger partial charge in [-0.05, 0) is 6.92 Å². The monoisotopic (exact) mass is 464 g/mol. The second-order valence-electron chi connectivity index (χ2n) is 1.72. The van der Waals surface area contributed by atoms with Crippen LogP contribution in [0.25, 0.3) is 0 Å². The summed E-state index contributed by atoms with van der Waals surface area (Å²) in [5.74, 6) is 0.213. The number of hydrogen-bond acceptors (Lipinski definition) is 2. The Labute approximate surface area is 146 Å². The van der Waals surface area contributed by atoms with Crippen molar-refractivity contribution in [2.24, 2.45) is 0 Å². The molecule has 62 valence electrons. The van der Waals surface area contributed by atoms with Crippen LogP contribution in [-0.4, -0.2) is 10.2 Å². The average Bonchev–Trinajstić information content (AvgIpc) is 2.25. The molecule has 0 unspecified atom stereocenters. The Kier molecular flexibility index (Phi) is 17.7. The van der Waals surface area contributed by atoms with Crippen LogP contribution in [0, 0.1) is 45.0 Å². The molecule has 0 fully saturated rings. The van der Waals surface area contributed by atoms with Crippen LogP contribution in [-0.2, 0) is 0 Å². The number of aromatic nitrogens is 2. The van der Waals surface area contributed by atoms with E-state index in [-0.39, 0.29) is 95.1 Å². The first-order valence-electron chi connectivity index (χ1n) is 3.37. The molecule has 0 saturated heterocycles. The van der Waals surface area contributed by atoms with Crippen molar-refractivity contribution in [3.05, 3.63) is 11.4 Å². The van der Waals surface area contributed by atoms with Gasteiger partial charge >= 0.3 is 58.2 Å². The molecule has 1 aromatic heterocycles. The maximum Gasteiger partial charge on any atom is 1.00 e. The van der Waals surface area contributed by atoms with Crippen molar-refractivity contribution in [2.45, 2.75) is 27.7 Å². The summed E-state index contributed by atoms with van der Waals surface area (Å²) in [5, 5.41) is 16.2. The molecule has 5 heteroatoms. The van der Waals surface area contributed by atoms with E-state index in [1.807, 2.05) is 13.8 Å². The van der Waals surface area contributed by atoms with Gasteiger partial charge in [0, 0.05) is 31.1 Å². The molecule has 0 radical (unpaired) electrons. The van der Waals surface area contributed by atoms with Crippen molar-refractivity contribution in [1.29, 1.82) is 0 Å². The molecular formula is C7H13N2ORbU. The molecule has 0 aromatic carbocycles. The third-order valence-electron chi connectivity index (χ3n) is 1.04. The van der Waals surface area contributed by atoms with Crippen LogP contribution < -0.4 is 63.3 Å². The van der Waals surface area contributed by atoms with Crippen LogP contribution in [0.1, 0.15) is 25.2 Å². The molecule has 1 N–H and O–H groups in total. The number of hydrogen-bond donors (Lipinski definition) is 1. The Balaban J connectivity index is -0.000000189. The summed E-state index contributed by atoms with van der Waals surface area (Å²) >= 11 is 0. The minimum atomic E-state index is 0. The van der Waals surface area contributed by atoms with Crippen LogP contribution in [0.3, 0.4) is 0 Å². The van der Waals surface area contributed by atoms with E-state index >= 15 is 0 Å². The van der Waals surface area contributed by atoms with Crippen molar-refractivity contribution < 1.29 is 94.4 Å². The molecule has 0 amide bonds. The summed E-state index contributed by atoms with van der Waals surface area (Å²) in [4.78, 5) is 0. The van der Waals surface area contributed by atoms with E-state index in [4.69, 9.17) is 5.11 Å². The molecule has 0 aliphatic rings. The van der Waals surface area contributed by atoms with Gasteiger partial charge in [0.1, 0.15) is 5.75 Å². The number of aryl methyl sites for hydroxylation is 2. The zero-order valence-corrected chi connectivity index (χ0v) is 17.4. The number of nitrogens with zero attached hydrogens (tertiary/aromatic N) is 2. The van der Waals surface area contributed by atoms with Crippen LogP contribution >= 0.6 is 0 Å². The largest absolute Gasteiger partial charge is 1.00 e. The van der Waals surface area contributed by atoms with E-state index in [0.717, 1.165) is 0 Å². The van der Waals surface area contributed by atoms with E-state index in [2.05, 4.69) is 10.2 Å². The SMILES string of the molecule is CC.Cc1n[n-]c(C)c1O.[Rb+].[U]. The smallest absolute Gasteiger partial charge is 0.576 e. The summed E-state index contributed by atoms with van der Waals surface area (Å²) in [7, 11) is 0. The molecule has 1 heterocycles. The first kappa shape index (κ1) is 19.4. The van der Waals surface area contributed by atoms with Crippen LogP contribution in [0.4, 0.5) is 0 Å². The quantitative estimate of drug-likeness (QED) is 0.503. The fourth-order valence-corrected chi connectivity index (χ4v) is 0.507. The minimum Gasteiger partial charge on any atom is -0.576 e. The summed E-state index contributed by atoms with van der Waals surface area (Å²) < 4.78 is 0. The Hall–Kier alpha value is 1.87. The summed E-state index contributed by atoms with van der Waals surface area (Å²) in [6.45, 7) is 7.44. The van der Waals surface area contributed by atoms with E-state index in [0.29, 0.717) is 11.4 Å². The fourth-order valence-electron chi connectivity index (χ4n) is 0.507. The summed E-state index contributed by atoms with van der Waals surface area (Å²) in [5.41, 5.74) is 1.20. The third kappa shape index (κ3) is 6.34. The average molecular weight is 465 g/mol. The van der Waals surface area contributed by atoms with Crippen molar-refractivity contribution in [3.8, 4) is 5.75 Å². The molecule has 1 rings (SSSR count). The maximum atomic E-state index is 8.92. The van der Waals surface area contributed by atoms with Gasteiger partial charge in [-0.15, -0.1) is 5.69 Å². The summed E-state index contributed by atoms with van der Waals surface area (Å²) in [6, 6.07) is 0. The van der Waals surface area contributed by atoms with Gasteiger partial charge in [0.2, 0.25) is 0 Å². The first-order chi connectivity index (χ1) is 4.72. The first-order valence-corrected chi connectivity index (χ1v) is 3.37. The van der Waals surface area contributed by atoms with Crippen molar-refractivity contribution in [3.63, 3.8) is 0 Å². The molecule has 0 atom stereocenters. The number of rotatable bonds is 0. The van der Waals surface area contributed by atoms with Gasteiger partial charge in [0.25, 0.3) is 0 Å². The van der Waals surface area contributed by atoms with E-state index < -0.39 is 0 Å². The second kappa shape index (κ2) is 10.9. The molecule has 0 spiro atoms. The van der Waals surface area contributed by atoms with Crippen molar-refractivity contribution >= 4 is 0 Å². The van der Waals surface area contributed by atoms with E-state index in [1.54, 1.807) is 13.8 Å². The minimum absolute atomic E-state index is 0. The van der Waals surface area contributed by atoms with Gasteiger partial charge in [0.05, 0.1) is 5.69 Å². The standard InChI is InChI=1S/C5H7N2O.C2H6.Rb.U/c1-3-5(8)4(2)7-6-3;1-2;;/h1-2H3,(H-,6,7,8);1-2H3;;/q-1;;+1;. The third-order valence-corrected chi connectivity index (χ3v) is 1.04. The molecule has 3 nitrogen and oxygen atoms in total. The van der Waals surface area contributed by atoms with Crippen LogP contribution in [0.5, 0.6) is 5.75 Å². The Morgan fingerprint density at radius 3 is 1.75 bits per heavy atom. The van der Waals surface area contributed by atoms with Gasteiger partial charge in [-0.25, -0.2) is 0 Å². The normalized spacial score (nSPS) is 7.00. The zero-order valence-electron chi connectivity index (χ0n) is 8.34. The van der Waals surface area contributed by atoms with Gasteiger partial charge in [-0.3, -0.25) is 0 Å². The molecule has 0 bridgehead atoms. The van der Waals surface area contributed by atoms with Gasteiger partial charge in [-0.1, -0.05) is 20.8 Å². The van der Waals surface area contributed by atoms with Gasteiger partial charge in [0.15, 0.2) is 0 Å². The molecule has 0 aliphatic carbocycles. The summed E-state index contributed by atoms with van der Waals surface area (Å²) in [6.07, 6.45) is 0. The molecule has 1 aromatic rings. The Morgan fingerprint density at radius 2 is 1.67 bits per heavy atom. The maximum absolute atomic E-state index is 8.92. The molecule has 12 heavy (non-hydrogen) atoms. The van der Waals surface area contributed by atoms with E-state index in [1.165, 1.54) is 0 Å². The van der Waals surface area contributed by atoms with Crippen molar-refractivity contribution in [2.75, 3.05) is 0 Å². The molecule has 0 saturated carbocycles. The molecule has 0 aliphatic heterocycles. The zero-order chi connectivity index (χ0) is 8.15. The Bertz CT molecular complexity index is 184. The number of aromatic hydroxyl groups is 1. The van der Waals surface area contributed by atoms with Crippen LogP contribution in [0.15, 0.2) is 0 Å². The Morgan fingerprint density at radius 1 is 1.25 bits per heavy atom. The van der Waals surface area contributed by atoms with Gasteiger partial charge in [-0.2, -0.15) is 0 Å². The predicted octanol–water partition coefficient (Wildman–Crippen LogP) is -1.61. The van der Waals surface area contributed by atoms with Crippen LogP contribution in [0.2, 0.25) is 0 Å². The van der Waals surface area contributed by atoms with Gasteiger partial charge < -0.3 is 15.3 Å². The topological polar surface area (TPSA) is 47.2 Å².